The van der Waals surface area contributed by atoms with Crippen LogP contribution in [-0.4, -0.2) is 5.71 Å². The first-order valence-corrected chi connectivity index (χ1v) is 6.37. The van der Waals surface area contributed by atoms with Gasteiger partial charge in [0.15, 0.2) is 0 Å². The van der Waals surface area contributed by atoms with Crippen molar-refractivity contribution < 1.29 is 0 Å². The fraction of sp³-hybridized carbons (Fsp3) is 0.0714. The average Bonchev–Trinajstić information content (AvgIpc) is 2.40. The van der Waals surface area contributed by atoms with Gasteiger partial charge in [0.25, 0.3) is 0 Å². The standard InChI is InChI=1S/C14H14BrN3/c1-10(13-9-11(15)7-8-14(13)16)17-18-12-5-3-2-4-6-12/h2-9,18H,16H2,1H3/b17-10+. The predicted octanol–water partition coefficient (Wildman–Crippen LogP) is 3.87. The van der Waals surface area contributed by atoms with E-state index in [-0.39, 0.29) is 0 Å². The number of hydrogen-bond donors (Lipinski definition) is 2. The van der Waals surface area contributed by atoms with Crippen LogP contribution in [0.1, 0.15) is 12.5 Å². The van der Waals surface area contributed by atoms with Gasteiger partial charge in [0.05, 0.1) is 11.4 Å². The lowest BCUT2D eigenvalue weighted by Crippen LogP contribution is -2.03. The van der Waals surface area contributed by atoms with Crippen LogP contribution in [0.4, 0.5) is 11.4 Å². The van der Waals surface area contributed by atoms with Crippen molar-refractivity contribution >= 4 is 33.0 Å². The molecular weight excluding hydrogens is 290 g/mol. The van der Waals surface area contributed by atoms with Crippen LogP contribution < -0.4 is 11.2 Å². The Morgan fingerprint density at radius 1 is 1.17 bits per heavy atom. The average molecular weight is 304 g/mol. The van der Waals surface area contributed by atoms with Crippen molar-refractivity contribution in [2.75, 3.05) is 11.2 Å². The molecule has 0 aliphatic heterocycles. The molecule has 2 rings (SSSR count). The highest BCUT2D eigenvalue weighted by Crippen LogP contribution is 2.19. The van der Waals surface area contributed by atoms with Gasteiger partial charge in [-0.15, -0.1) is 0 Å². The lowest BCUT2D eigenvalue weighted by Gasteiger charge is -2.07. The Morgan fingerprint density at radius 2 is 1.89 bits per heavy atom. The second kappa shape index (κ2) is 5.69. The van der Waals surface area contributed by atoms with Gasteiger partial charge in [-0.25, -0.2) is 0 Å². The largest absolute Gasteiger partial charge is 0.398 e. The molecule has 0 bridgehead atoms. The van der Waals surface area contributed by atoms with Crippen LogP contribution in [0.3, 0.4) is 0 Å². The molecule has 0 unspecified atom stereocenters. The Hall–Kier alpha value is -1.81. The molecule has 0 aliphatic rings. The SMILES string of the molecule is C/C(=N\Nc1ccccc1)c1cc(Br)ccc1N. The minimum atomic E-state index is 0.717. The number of nitrogens with two attached hydrogens (primary N) is 1. The number of benzene rings is 2. The van der Waals surface area contributed by atoms with Crippen LogP contribution in [0.5, 0.6) is 0 Å². The molecule has 0 aliphatic carbocycles. The maximum Gasteiger partial charge on any atom is 0.0669 e. The summed E-state index contributed by atoms with van der Waals surface area (Å²) in [5.41, 5.74) is 12.4. The number of hydrogen-bond acceptors (Lipinski definition) is 3. The van der Waals surface area contributed by atoms with E-state index in [4.69, 9.17) is 5.73 Å². The molecule has 4 heteroatoms. The van der Waals surface area contributed by atoms with E-state index in [0.717, 1.165) is 21.4 Å². The monoisotopic (exact) mass is 303 g/mol. The number of nitrogens with one attached hydrogen (secondary N) is 1. The van der Waals surface area contributed by atoms with Gasteiger partial charge in [0.2, 0.25) is 0 Å². The van der Waals surface area contributed by atoms with Crippen LogP contribution >= 0.6 is 15.9 Å². The van der Waals surface area contributed by atoms with E-state index in [1.165, 1.54) is 0 Å². The molecule has 0 saturated heterocycles. The normalized spacial score (nSPS) is 11.3. The summed E-state index contributed by atoms with van der Waals surface area (Å²) >= 11 is 3.43. The highest BCUT2D eigenvalue weighted by molar-refractivity contribution is 9.10. The molecule has 0 fully saturated rings. The van der Waals surface area contributed by atoms with Gasteiger partial charge in [-0.3, -0.25) is 5.43 Å². The minimum Gasteiger partial charge on any atom is -0.398 e. The lowest BCUT2D eigenvalue weighted by molar-refractivity contribution is 1.32. The summed E-state index contributed by atoms with van der Waals surface area (Å²) in [6.45, 7) is 1.92. The van der Waals surface area contributed by atoms with Crippen molar-refractivity contribution in [3.8, 4) is 0 Å². The quantitative estimate of drug-likeness (QED) is 0.514. The zero-order valence-corrected chi connectivity index (χ0v) is 11.6. The summed E-state index contributed by atoms with van der Waals surface area (Å²) in [5, 5.41) is 4.33. The molecule has 3 N–H and O–H groups in total. The molecule has 0 spiro atoms. The van der Waals surface area contributed by atoms with Crippen molar-refractivity contribution in [2.45, 2.75) is 6.92 Å². The minimum absolute atomic E-state index is 0.717. The van der Waals surface area contributed by atoms with E-state index in [1.807, 2.05) is 55.5 Å². The third-order valence-corrected chi connectivity index (χ3v) is 3.02. The number of anilines is 2. The Morgan fingerprint density at radius 3 is 2.61 bits per heavy atom. The summed E-state index contributed by atoms with van der Waals surface area (Å²) in [6, 6.07) is 15.5. The second-order valence-electron chi connectivity index (χ2n) is 3.91. The van der Waals surface area contributed by atoms with Gasteiger partial charge in [-0.2, -0.15) is 5.10 Å². The van der Waals surface area contributed by atoms with E-state index < -0.39 is 0 Å². The van der Waals surface area contributed by atoms with Crippen LogP contribution in [0, 0.1) is 0 Å². The number of rotatable bonds is 3. The van der Waals surface area contributed by atoms with E-state index in [1.54, 1.807) is 0 Å². The van der Waals surface area contributed by atoms with Crippen molar-refractivity contribution in [3.05, 3.63) is 58.6 Å². The molecule has 92 valence electrons. The highest BCUT2D eigenvalue weighted by atomic mass is 79.9. The molecule has 0 aromatic heterocycles. The summed E-state index contributed by atoms with van der Waals surface area (Å²) in [4.78, 5) is 0. The Bertz CT molecular complexity index is 565. The molecule has 2 aromatic carbocycles. The summed E-state index contributed by atoms with van der Waals surface area (Å²) < 4.78 is 0.987. The number of para-hydroxylation sites is 1. The molecule has 0 heterocycles. The van der Waals surface area contributed by atoms with Crippen LogP contribution in [0.25, 0.3) is 0 Å². The Balaban J connectivity index is 2.20. The van der Waals surface area contributed by atoms with Crippen LogP contribution in [-0.2, 0) is 0 Å². The first-order valence-electron chi connectivity index (χ1n) is 5.57. The fourth-order valence-corrected chi connectivity index (χ4v) is 1.92. The highest BCUT2D eigenvalue weighted by Gasteiger charge is 2.03. The third-order valence-electron chi connectivity index (χ3n) is 2.53. The fourth-order valence-electron chi connectivity index (χ4n) is 1.56. The third kappa shape index (κ3) is 3.11. The number of hydrazone groups is 1. The summed E-state index contributed by atoms with van der Waals surface area (Å²) in [7, 11) is 0. The molecule has 0 atom stereocenters. The van der Waals surface area contributed by atoms with E-state index in [9.17, 15) is 0 Å². The smallest absolute Gasteiger partial charge is 0.0669 e. The molecule has 0 amide bonds. The van der Waals surface area contributed by atoms with Gasteiger partial charge >= 0.3 is 0 Å². The van der Waals surface area contributed by atoms with Crippen molar-refractivity contribution in [2.24, 2.45) is 5.10 Å². The molecule has 18 heavy (non-hydrogen) atoms. The van der Waals surface area contributed by atoms with E-state index in [0.29, 0.717) is 5.69 Å². The van der Waals surface area contributed by atoms with Gasteiger partial charge in [0.1, 0.15) is 0 Å². The Kier molecular flexibility index (Phi) is 3.99. The van der Waals surface area contributed by atoms with Crippen LogP contribution in [0.2, 0.25) is 0 Å². The maximum atomic E-state index is 5.93. The lowest BCUT2D eigenvalue weighted by atomic mass is 10.1. The van der Waals surface area contributed by atoms with Crippen molar-refractivity contribution in [3.63, 3.8) is 0 Å². The van der Waals surface area contributed by atoms with Crippen molar-refractivity contribution in [1.29, 1.82) is 0 Å². The maximum absolute atomic E-state index is 5.93. The molecular formula is C14H14BrN3. The van der Waals surface area contributed by atoms with Gasteiger partial charge in [0, 0.05) is 15.7 Å². The van der Waals surface area contributed by atoms with E-state index >= 15 is 0 Å². The zero-order chi connectivity index (χ0) is 13.0. The molecule has 0 radical (unpaired) electrons. The molecule has 3 nitrogen and oxygen atoms in total. The van der Waals surface area contributed by atoms with Crippen LogP contribution in [0.15, 0.2) is 58.1 Å². The van der Waals surface area contributed by atoms with Gasteiger partial charge < -0.3 is 5.73 Å². The molecule has 0 saturated carbocycles. The van der Waals surface area contributed by atoms with Gasteiger partial charge in [-0.05, 0) is 37.3 Å². The Labute approximate surface area is 115 Å². The summed E-state index contributed by atoms with van der Waals surface area (Å²) in [5.74, 6) is 0. The number of nitrogen functional groups attached to an aromatic ring is 1. The van der Waals surface area contributed by atoms with Gasteiger partial charge in [-0.1, -0.05) is 34.1 Å². The second-order valence-corrected chi connectivity index (χ2v) is 4.82. The summed E-state index contributed by atoms with van der Waals surface area (Å²) in [6.07, 6.45) is 0. The van der Waals surface area contributed by atoms with E-state index in [2.05, 4.69) is 26.5 Å². The number of nitrogens with zero attached hydrogens (tertiary/aromatic N) is 1. The first-order chi connectivity index (χ1) is 8.66. The molecule has 2 aromatic rings. The predicted molar refractivity (Wildman–Crippen MR) is 80.8 cm³/mol. The first kappa shape index (κ1) is 12.6. The zero-order valence-electron chi connectivity index (χ0n) is 10.0. The topological polar surface area (TPSA) is 50.4 Å². The van der Waals surface area contributed by atoms with Crippen molar-refractivity contribution in [1.82, 2.24) is 0 Å². The number of halogens is 1.